The van der Waals surface area contributed by atoms with E-state index in [2.05, 4.69) is 18.2 Å². The molecule has 3 aromatic carbocycles. The average Bonchev–Trinajstić information content (AvgIpc) is 3.30. The lowest BCUT2D eigenvalue weighted by molar-refractivity contribution is -0.145. The topological polar surface area (TPSA) is 79.1 Å². The van der Waals surface area contributed by atoms with Gasteiger partial charge in [0, 0.05) is 5.56 Å². The van der Waals surface area contributed by atoms with E-state index in [1.54, 1.807) is 13.0 Å². The maximum absolute atomic E-state index is 14.0. The Morgan fingerprint density at radius 1 is 0.976 bits per heavy atom. The van der Waals surface area contributed by atoms with Crippen molar-refractivity contribution in [2.75, 3.05) is 19.8 Å². The summed E-state index contributed by atoms with van der Waals surface area (Å²) in [5.41, 5.74) is 6.26. The molecule has 4 aromatic rings. The van der Waals surface area contributed by atoms with Gasteiger partial charge in [-0.2, -0.15) is 0 Å². The van der Waals surface area contributed by atoms with E-state index in [9.17, 15) is 9.59 Å². The number of ether oxygens (including phenoxy) is 3. The van der Waals surface area contributed by atoms with Crippen molar-refractivity contribution in [2.24, 2.45) is 4.99 Å². The van der Waals surface area contributed by atoms with Gasteiger partial charge in [0.25, 0.3) is 5.56 Å². The first kappa shape index (κ1) is 26.8. The summed E-state index contributed by atoms with van der Waals surface area (Å²) in [5.74, 6) is 0.905. The minimum atomic E-state index is -0.425. The Hall–Kier alpha value is -4.43. The highest BCUT2D eigenvalue weighted by Gasteiger charge is 2.32. The van der Waals surface area contributed by atoms with Crippen LogP contribution >= 0.6 is 11.3 Å². The highest BCUT2D eigenvalue weighted by atomic mass is 32.1. The summed E-state index contributed by atoms with van der Waals surface area (Å²) in [5, 5.41) is 0. The first-order valence-electron chi connectivity index (χ1n) is 13.8. The van der Waals surface area contributed by atoms with Crippen LogP contribution in [0.4, 0.5) is 0 Å². The molecule has 41 heavy (non-hydrogen) atoms. The fourth-order valence-electron chi connectivity index (χ4n) is 5.43. The van der Waals surface area contributed by atoms with E-state index in [1.807, 2.05) is 66.1 Å². The zero-order chi connectivity index (χ0) is 28.3. The number of fused-ring (bicyclic) bond motifs is 3. The minimum Gasteiger partial charge on any atom is -0.494 e. The van der Waals surface area contributed by atoms with Gasteiger partial charge < -0.3 is 14.2 Å². The predicted molar refractivity (Wildman–Crippen MR) is 159 cm³/mol. The Morgan fingerprint density at radius 2 is 1.80 bits per heavy atom. The number of carbonyl (C=O) groups is 1. The monoisotopic (exact) mass is 566 g/mol. The Balaban J connectivity index is 1.45. The number of allylic oxidation sites excluding steroid dienone is 1. The van der Waals surface area contributed by atoms with Gasteiger partial charge in [-0.3, -0.25) is 9.36 Å². The van der Waals surface area contributed by atoms with Gasteiger partial charge in [0.05, 0.1) is 29.5 Å². The van der Waals surface area contributed by atoms with Crippen LogP contribution in [0.3, 0.4) is 0 Å². The molecular weight excluding hydrogens is 536 g/mol. The Bertz CT molecular complexity index is 1820. The summed E-state index contributed by atoms with van der Waals surface area (Å²) >= 11 is 1.38. The maximum atomic E-state index is 14.0. The van der Waals surface area contributed by atoms with E-state index in [0.29, 0.717) is 28.3 Å². The van der Waals surface area contributed by atoms with Crippen molar-refractivity contribution >= 4 is 29.1 Å². The van der Waals surface area contributed by atoms with Crippen LogP contribution in [0.5, 0.6) is 11.5 Å². The molecule has 208 valence electrons. The second kappa shape index (κ2) is 11.6. The molecule has 1 aliphatic carbocycles. The standard InChI is InChI=1S/C33H30N2O5S/c1-3-38-24-15-12-23(13-16-24)31-27-17-14-22-9-5-6-11-26(22)30(27)34-33-35(31)32(37)28(41-33)19-21-8-7-10-25(18-21)40-20-29(36)39-4-2/h5-13,15-16,18-19,31H,3-4,14,17,20H2,1-2H3. The van der Waals surface area contributed by atoms with Gasteiger partial charge in [-0.05, 0) is 79.3 Å². The largest absolute Gasteiger partial charge is 0.494 e. The second-order valence-corrected chi connectivity index (χ2v) is 10.8. The van der Waals surface area contributed by atoms with Crippen molar-refractivity contribution in [3.05, 3.63) is 120 Å². The number of nitrogens with zero attached hydrogens (tertiary/aromatic N) is 2. The molecule has 0 radical (unpaired) electrons. The van der Waals surface area contributed by atoms with Gasteiger partial charge >= 0.3 is 5.97 Å². The lowest BCUT2D eigenvalue weighted by Gasteiger charge is -2.30. The Labute approximate surface area is 241 Å². The number of aryl methyl sites for hydroxylation is 1. The third-order valence-corrected chi connectivity index (χ3v) is 8.18. The third-order valence-electron chi connectivity index (χ3n) is 7.20. The molecular formula is C33H30N2O5S. The van der Waals surface area contributed by atoms with Crippen LogP contribution in [0.2, 0.25) is 0 Å². The van der Waals surface area contributed by atoms with Gasteiger partial charge in [0.1, 0.15) is 11.5 Å². The van der Waals surface area contributed by atoms with Gasteiger partial charge in [-0.1, -0.05) is 59.9 Å². The molecule has 0 amide bonds. The fourth-order valence-corrected chi connectivity index (χ4v) is 6.43. The Kier molecular flexibility index (Phi) is 7.57. The molecule has 1 aromatic heterocycles. The van der Waals surface area contributed by atoms with Crippen molar-refractivity contribution in [3.63, 3.8) is 0 Å². The van der Waals surface area contributed by atoms with E-state index >= 15 is 0 Å². The number of thiazole rings is 1. The minimum absolute atomic E-state index is 0.0871. The number of aromatic nitrogens is 1. The predicted octanol–water partition coefficient (Wildman–Crippen LogP) is 4.66. The van der Waals surface area contributed by atoms with Gasteiger partial charge in [0.2, 0.25) is 0 Å². The molecule has 1 aliphatic heterocycles. The molecule has 6 rings (SSSR count). The van der Waals surface area contributed by atoms with Crippen LogP contribution in [-0.2, 0) is 16.0 Å². The molecule has 0 bridgehead atoms. The first-order valence-corrected chi connectivity index (χ1v) is 14.6. The molecule has 0 fully saturated rings. The molecule has 0 N–H and O–H groups in total. The summed E-state index contributed by atoms with van der Waals surface area (Å²) < 4.78 is 18.6. The number of esters is 1. The molecule has 8 heteroatoms. The number of carbonyl (C=O) groups excluding carboxylic acids is 1. The summed E-state index contributed by atoms with van der Waals surface area (Å²) in [6, 6.07) is 23.5. The lowest BCUT2D eigenvalue weighted by Crippen LogP contribution is -2.38. The summed E-state index contributed by atoms with van der Waals surface area (Å²) in [6.07, 6.45) is 3.59. The normalized spacial score (nSPS) is 15.9. The molecule has 7 nitrogen and oxygen atoms in total. The van der Waals surface area contributed by atoms with Crippen molar-refractivity contribution in [2.45, 2.75) is 32.7 Å². The van der Waals surface area contributed by atoms with E-state index in [4.69, 9.17) is 19.2 Å². The molecule has 2 heterocycles. The maximum Gasteiger partial charge on any atom is 0.344 e. The zero-order valence-electron chi connectivity index (χ0n) is 23.0. The van der Waals surface area contributed by atoms with Crippen molar-refractivity contribution < 1.29 is 19.0 Å². The van der Waals surface area contributed by atoms with Gasteiger partial charge in [-0.15, -0.1) is 0 Å². The number of rotatable bonds is 8. The van der Waals surface area contributed by atoms with Crippen molar-refractivity contribution in [3.8, 4) is 11.5 Å². The summed E-state index contributed by atoms with van der Waals surface area (Å²) in [7, 11) is 0. The second-order valence-electron chi connectivity index (χ2n) is 9.78. The number of hydrogen-bond acceptors (Lipinski definition) is 7. The number of benzene rings is 3. The molecule has 1 atom stereocenters. The lowest BCUT2D eigenvalue weighted by atomic mass is 9.83. The van der Waals surface area contributed by atoms with E-state index in [1.165, 1.54) is 16.9 Å². The van der Waals surface area contributed by atoms with Crippen LogP contribution < -0.4 is 24.4 Å². The molecule has 0 spiro atoms. The van der Waals surface area contributed by atoms with Crippen LogP contribution in [-0.4, -0.2) is 30.4 Å². The average molecular weight is 567 g/mol. The van der Waals surface area contributed by atoms with Crippen LogP contribution in [0.25, 0.3) is 11.8 Å². The van der Waals surface area contributed by atoms with E-state index in [0.717, 1.165) is 46.6 Å². The zero-order valence-corrected chi connectivity index (χ0v) is 23.8. The van der Waals surface area contributed by atoms with Crippen LogP contribution in [0.15, 0.2) is 88.2 Å². The fraction of sp³-hybridized carbons (Fsp3) is 0.242. The quantitative estimate of drug-likeness (QED) is 0.290. The van der Waals surface area contributed by atoms with Crippen LogP contribution in [0, 0.1) is 0 Å². The third kappa shape index (κ3) is 5.35. The Morgan fingerprint density at radius 3 is 2.61 bits per heavy atom. The molecule has 0 saturated heterocycles. The summed E-state index contributed by atoms with van der Waals surface area (Å²) in [4.78, 5) is 31.5. The van der Waals surface area contributed by atoms with Crippen molar-refractivity contribution in [1.82, 2.24) is 4.57 Å². The van der Waals surface area contributed by atoms with Crippen molar-refractivity contribution in [1.29, 1.82) is 0 Å². The SMILES string of the molecule is CCOC(=O)COc1cccc(C=c2sc3n(c2=O)C(c2ccc(OCC)cc2)C2=C(N=3)c3ccccc3CC2)c1. The molecule has 0 saturated carbocycles. The first-order chi connectivity index (χ1) is 20.1. The van der Waals surface area contributed by atoms with Gasteiger partial charge in [0.15, 0.2) is 11.4 Å². The molecule has 2 aliphatic rings. The van der Waals surface area contributed by atoms with E-state index < -0.39 is 5.97 Å². The molecule has 1 unspecified atom stereocenters. The van der Waals surface area contributed by atoms with E-state index in [-0.39, 0.29) is 18.2 Å². The van der Waals surface area contributed by atoms with Gasteiger partial charge in [-0.25, -0.2) is 9.79 Å². The highest BCUT2D eigenvalue weighted by Crippen LogP contribution is 2.41. The smallest absolute Gasteiger partial charge is 0.344 e. The number of hydrogen-bond donors (Lipinski definition) is 0. The summed E-state index contributed by atoms with van der Waals surface area (Å²) in [6.45, 7) is 4.44. The van der Waals surface area contributed by atoms with Crippen LogP contribution in [0.1, 0.15) is 48.6 Å². The highest BCUT2D eigenvalue weighted by molar-refractivity contribution is 7.07.